The number of likely N-dealkylation sites (tertiary alicyclic amines) is 1. The van der Waals surface area contributed by atoms with E-state index < -0.39 is 5.82 Å². The van der Waals surface area contributed by atoms with Gasteiger partial charge in [-0.15, -0.1) is 0 Å². The van der Waals surface area contributed by atoms with Crippen molar-refractivity contribution in [3.05, 3.63) is 34.6 Å². The first kappa shape index (κ1) is 11.9. The van der Waals surface area contributed by atoms with Gasteiger partial charge in [-0.1, -0.05) is 11.6 Å². The number of carbonyl (C=O) groups excluding carboxylic acids is 1. The molecule has 0 unspecified atom stereocenters. The van der Waals surface area contributed by atoms with Gasteiger partial charge in [0.2, 0.25) is 0 Å². The minimum Gasteiger partial charge on any atom is -0.369 e. The molecule has 1 amide bonds. The highest BCUT2D eigenvalue weighted by atomic mass is 35.5. The molecule has 2 fully saturated rings. The van der Waals surface area contributed by atoms with Crippen molar-refractivity contribution in [1.29, 1.82) is 0 Å². The van der Waals surface area contributed by atoms with Crippen molar-refractivity contribution >= 4 is 17.5 Å². The topological polar surface area (TPSA) is 32.8 Å². The summed E-state index contributed by atoms with van der Waals surface area (Å²) in [5.41, 5.74) is 0.492. The number of epoxide rings is 1. The Morgan fingerprint density at radius 1 is 1.39 bits per heavy atom. The van der Waals surface area contributed by atoms with E-state index in [0.717, 1.165) is 19.4 Å². The predicted molar refractivity (Wildman–Crippen MR) is 65.2 cm³/mol. The monoisotopic (exact) mass is 269 g/mol. The largest absolute Gasteiger partial charge is 0.369 e. The van der Waals surface area contributed by atoms with Gasteiger partial charge < -0.3 is 9.64 Å². The third kappa shape index (κ3) is 2.10. The number of rotatable bonds is 1. The number of nitrogens with zero attached hydrogens (tertiary/aromatic N) is 1. The Kier molecular flexibility index (Phi) is 2.79. The van der Waals surface area contributed by atoms with E-state index in [-0.39, 0.29) is 16.5 Å². The van der Waals surface area contributed by atoms with Crippen molar-refractivity contribution in [2.75, 3.05) is 19.7 Å². The number of ether oxygens (including phenoxy) is 1. The smallest absolute Gasteiger partial charge is 0.253 e. The van der Waals surface area contributed by atoms with Crippen molar-refractivity contribution in [3.63, 3.8) is 0 Å². The molecule has 1 spiro atoms. The fourth-order valence-corrected chi connectivity index (χ4v) is 2.50. The zero-order valence-corrected chi connectivity index (χ0v) is 10.5. The summed E-state index contributed by atoms with van der Waals surface area (Å²) in [6.07, 6.45) is 1.77. The summed E-state index contributed by atoms with van der Waals surface area (Å²) in [4.78, 5) is 14.0. The Morgan fingerprint density at radius 3 is 2.61 bits per heavy atom. The van der Waals surface area contributed by atoms with Gasteiger partial charge in [-0.25, -0.2) is 4.39 Å². The Bertz CT molecular complexity index is 492. The lowest BCUT2D eigenvalue weighted by molar-refractivity contribution is 0.0663. The Morgan fingerprint density at radius 2 is 2.06 bits per heavy atom. The molecule has 0 aliphatic carbocycles. The molecular formula is C13H13ClFNO2. The number of benzene rings is 1. The van der Waals surface area contributed by atoms with Crippen LogP contribution in [0.5, 0.6) is 0 Å². The van der Waals surface area contributed by atoms with E-state index in [1.807, 2.05) is 0 Å². The van der Waals surface area contributed by atoms with Gasteiger partial charge in [0.05, 0.1) is 17.2 Å². The van der Waals surface area contributed by atoms with E-state index in [0.29, 0.717) is 18.7 Å². The van der Waals surface area contributed by atoms with Crippen LogP contribution < -0.4 is 0 Å². The van der Waals surface area contributed by atoms with E-state index in [1.165, 1.54) is 18.2 Å². The van der Waals surface area contributed by atoms with Crippen LogP contribution in [0.4, 0.5) is 4.39 Å². The molecule has 0 saturated carbocycles. The van der Waals surface area contributed by atoms with Crippen LogP contribution in [0.15, 0.2) is 18.2 Å². The fourth-order valence-electron chi connectivity index (χ4n) is 2.32. The molecule has 0 atom stereocenters. The van der Waals surface area contributed by atoms with Gasteiger partial charge >= 0.3 is 0 Å². The lowest BCUT2D eigenvalue weighted by atomic mass is 9.97. The molecule has 18 heavy (non-hydrogen) atoms. The molecule has 0 bridgehead atoms. The first-order valence-corrected chi connectivity index (χ1v) is 6.36. The van der Waals surface area contributed by atoms with Gasteiger partial charge in [-0.2, -0.15) is 0 Å². The van der Waals surface area contributed by atoms with Gasteiger partial charge in [0.25, 0.3) is 5.91 Å². The van der Waals surface area contributed by atoms with Crippen molar-refractivity contribution in [3.8, 4) is 0 Å². The molecule has 5 heteroatoms. The van der Waals surface area contributed by atoms with Crippen LogP contribution in [0.3, 0.4) is 0 Å². The van der Waals surface area contributed by atoms with Crippen LogP contribution in [-0.2, 0) is 4.74 Å². The predicted octanol–water partition coefficient (Wildman–Crippen LogP) is 2.48. The molecule has 3 rings (SSSR count). The minimum absolute atomic E-state index is 0.0140. The highest BCUT2D eigenvalue weighted by molar-refractivity contribution is 6.31. The molecule has 0 N–H and O–H groups in total. The van der Waals surface area contributed by atoms with Crippen LogP contribution in [0.1, 0.15) is 23.2 Å². The first-order valence-electron chi connectivity index (χ1n) is 5.98. The molecule has 3 nitrogen and oxygen atoms in total. The highest BCUT2D eigenvalue weighted by Gasteiger charge is 2.47. The molecular weight excluding hydrogens is 257 g/mol. The average Bonchev–Trinajstić information content (AvgIpc) is 3.12. The second-order valence-corrected chi connectivity index (χ2v) is 5.30. The summed E-state index contributed by atoms with van der Waals surface area (Å²) in [5, 5.41) is -0.0140. The number of hydrogen-bond donors (Lipinski definition) is 0. The Hall–Kier alpha value is -1.13. The van der Waals surface area contributed by atoms with E-state index in [9.17, 15) is 9.18 Å². The quantitative estimate of drug-likeness (QED) is 0.734. The molecule has 1 aromatic carbocycles. The lowest BCUT2D eigenvalue weighted by Gasteiger charge is -2.30. The molecule has 2 aliphatic rings. The standard InChI is InChI=1S/C13H13ClFNO2/c14-10-7-9(1-2-11(10)15)12(17)16-5-3-13(4-6-16)8-18-13/h1-2,7H,3-6,8H2. The van der Waals surface area contributed by atoms with E-state index in [4.69, 9.17) is 16.3 Å². The normalized spacial score (nSPS) is 21.1. The van der Waals surface area contributed by atoms with Gasteiger partial charge in [-0.3, -0.25) is 4.79 Å². The maximum atomic E-state index is 13.0. The van der Waals surface area contributed by atoms with Crippen LogP contribution in [0.25, 0.3) is 0 Å². The van der Waals surface area contributed by atoms with E-state index in [1.54, 1.807) is 4.90 Å². The number of piperidine rings is 1. The molecule has 2 heterocycles. The Labute approximate surface area is 109 Å². The van der Waals surface area contributed by atoms with E-state index in [2.05, 4.69) is 0 Å². The summed E-state index contributed by atoms with van der Waals surface area (Å²) >= 11 is 5.69. The maximum absolute atomic E-state index is 13.0. The van der Waals surface area contributed by atoms with Crippen molar-refractivity contribution < 1.29 is 13.9 Å². The molecule has 2 saturated heterocycles. The van der Waals surface area contributed by atoms with Crippen molar-refractivity contribution in [2.24, 2.45) is 0 Å². The zero-order chi connectivity index (χ0) is 12.8. The SMILES string of the molecule is O=C(c1ccc(F)c(Cl)c1)N1CCC2(CC1)CO2. The highest BCUT2D eigenvalue weighted by Crippen LogP contribution is 2.38. The summed E-state index contributed by atoms with van der Waals surface area (Å²) in [6, 6.07) is 4.09. The van der Waals surface area contributed by atoms with Crippen molar-refractivity contribution in [1.82, 2.24) is 4.90 Å². The van der Waals surface area contributed by atoms with Gasteiger partial charge in [0.15, 0.2) is 0 Å². The third-order valence-corrected chi connectivity index (χ3v) is 3.97. The summed E-state index contributed by atoms with van der Waals surface area (Å²) in [6.45, 7) is 2.19. The minimum atomic E-state index is -0.503. The lowest BCUT2D eigenvalue weighted by Crippen LogP contribution is -2.41. The summed E-state index contributed by atoms with van der Waals surface area (Å²) in [5.74, 6) is -0.593. The molecule has 96 valence electrons. The van der Waals surface area contributed by atoms with Crippen LogP contribution in [-0.4, -0.2) is 36.1 Å². The second-order valence-electron chi connectivity index (χ2n) is 4.89. The number of halogens is 2. The Balaban J connectivity index is 1.72. The maximum Gasteiger partial charge on any atom is 0.253 e. The van der Waals surface area contributed by atoms with Crippen LogP contribution in [0, 0.1) is 5.82 Å². The van der Waals surface area contributed by atoms with Crippen LogP contribution in [0.2, 0.25) is 5.02 Å². The average molecular weight is 270 g/mol. The molecule has 1 aromatic rings. The van der Waals surface area contributed by atoms with Gasteiger partial charge in [-0.05, 0) is 31.0 Å². The number of amides is 1. The van der Waals surface area contributed by atoms with E-state index >= 15 is 0 Å². The third-order valence-electron chi connectivity index (χ3n) is 3.68. The molecule has 2 aliphatic heterocycles. The van der Waals surface area contributed by atoms with Gasteiger partial charge in [0, 0.05) is 18.7 Å². The first-order chi connectivity index (χ1) is 8.60. The molecule has 0 aromatic heterocycles. The molecule has 0 radical (unpaired) electrons. The van der Waals surface area contributed by atoms with Gasteiger partial charge in [0.1, 0.15) is 5.82 Å². The zero-order valence-electron chi connectivity index (χ0n) is 9.79. The fraction of sp³-hybridized carbons (Fsp3) is 0.462. The summed E-state index contributed by atoms with van der Waals surface area (Å²) < 4.78 is 18.4. The number of hydrogen-bond acceptors (Lipinski definition) is 2. The van der Waals surface area contributed by atoms with Crippen LogP contribution >= 0.6 is 11.6 Å². The second kappa shape index (κ2) is 4.21. The summed E-state index contributed by atoms with van der Waals surface area (Å²) in [7, 11) is 0. The van der Waals surface area contributed by atoms with Crippen molar-refractivity contribution in [2.45, 2.75) is 18.4 Å². The number of carbonyl (C=O) groups is 1.